The molecule has 0 amide bonds. The van der Waals surface area contributed by atoms with Gasteiger partial charge in [-0.3, -0.25) is 4.21 Å². The van der Waals surface area contributed by atoms with Crippen molar-refractivity contribution in [3.8, 4) is 40.3 Å². The molecule has 0 fully saturated rings. The molecule has 4 rings (SSSR count). The van der Waals surface area contributed by atoms with Crippen molar-refractivity contribution in [2.45, 2.75) is 6.92 Å². The van der Waals surface area contributed by atoms with Crippen LogP contribution in [0, 0.1) is 6.92 Å². The Balaban J connectivity index is 1.89. The zero-order valence-corrected chi connectivity index (χ0v) is 22.9. The summed E-state index contributed by atoms with van der Waals surface area (Å²) < 4.78 is 53.1. The van der Waals surface area contributed by atoms with Gasteiger partial charge in [0.25, 0.3) is 5.88 Å². The highest BCUT2D eigenvalue weighted by Gasteiger charge is 2.28. The third kappa shape index (κ3) is 6.42. The number of rotatable bonds is 11. The molecule has 1 atom stereocenters. The number of benzene rings is 2. The summed E-state index contributed by atoms with van der Waals surface area (Å²) in [4.78, 5) is 25.5. The second kappa shape index (κ2) is 12.5. The van der Waals surface area contributed by atoms with Crippen molar-refractivity contribution in [2.24, 2.45) is 0 Å². The molecule has 12 nitrogen and oxygen atoms in total. The minimum Gasteiger partial charge on any atom is -0.755 e. The summed E-state index contributed by atoms with van der Waals surface area (Å²) in [5.74, 6) is 0.284. The number of carbonyl (C=O) groups excluding carboxylic acids is 1. The van der Waals surface area contributed by atoms with Gasteiger partial charge in [0.1, 0.15) is 5.75 Å². The number of thiazole rings is 1. The molecule has 1 unspecified atom stereocenters. The van der Waals surface area contributed by atoms with Gasteiger partial charge in [0, 0.05) is 16.6 Å². The Labute approximate surface area is 230 Å². The van der Waals surface area contributed by atoms with Crippen LogP contribution >= 0.6 is 11.3 Å². The number of methoxy groups -OCH3 is 3. The molecule has 39 heavy (non-hydrogen) atoms. The molecule has 2 heterocycles. The first kappa shape index (κ1) is 27.8. The smallest absolute Gasteiger partial charge is 0.343 e. The number of hydrogen-bond donors (Lipinski definition) is 0. The summed E-state index contributed by atoms with van der Waals surface area (Å²) in [5, 5.41) is 0.132. The molecule has 0 aliphatic heterocycles. The Hall–Kier alpha value is -4.27. The van der Waals surface area contributed by atoms with E-state index in [0.29, 0.717) is 17.1 Å². The topological polar surface area (TPSA) is 145 Å². The summed E-state index contributed by atoms with van der Waals surface area (Å²) in [5.41, 5.74) is 0.452. The summed E-state index contributed by atoms with van der Waals surface area (Å²) in [6.07, 6.45) is 1.54. The average Bonchev–Trinajstić information content (AvgIpc) is 3.37. The molecule has 204 valence electrons. The van der Waals surface area contributed by atoms with Crippen molar-refractivity contribution in [1.29, 1.82) is 0 Å². The van der Waals surface area contributed by atoms with Crippen LogP contribution in [0.5, 0.6) is 28.9 Å². The first-order valence-corrected chi connectivity index (χ1v) is 13.1. The van der Waals surface area contributed by atoms with Gasteiger partial charge in [-0.15, -0.1) is 11.3 Å². The van der Waals surface area contributed by atoms with Gasteiger partial charge in [0.05, 0.1) is 32.6 Å². The predicted octanol–water partition coefficient (Wildman–Crippen LogP) is 4.20. The van der Waals surface area contributed by atoms with E-state index in [2.05, 4.69) is 19.7 Å². The van der Waals surface area contributed by atoms with E-state index in [9.17, 15) is 13.6 Å². The van der Waals surface area contributed by atoms with Crippen molar-refractivity contribution in [2.75, 3.05) is 32.2 Å². The summed E-state index contributed by atoms with van der Waals surface area (Å²) in [7, 11) is 4.10. The molecular formula is C25H23N4O8S2-. The zero-order chi connectivity index (χ0) is 27.9. The first-order valence-electron chi connectivity index (χ1n) is 11.2. The van der Waals surface area contributed by atoms with E-state index in [1.165, 1.54) is 21.3 Å². The number of aryl methyl sites for hydroxylation is 1. The van der Waals surface area contributed by atoms with Crippen molar-refractivity contribution < 1.29 is 37.2 Å². The van der Waals surface area contributed by atoms with E-state index >= 15 is 0 Å². The van der Waals surface area contributed by atoms with E-state index in [-0.39, 0.29) is 40.8 Å². The third-order valence-corrected chi connectivity index (χ3v) is 6.75. The molecule has 0 bridgehead atoms. The highest BCUT2D eigenvalue weighted by atomic mass is 32.2. The number of anilines is 2. The zero-order valence-electron chi connectivity index (χ0n) is 21.3. The molecule has 4 aromatic rings. The second-order valence-corrected chi connectivity index (χ2v) is 9.63. The number of carbonyl (C=O) groups is 1. The highest BCUT2D eigenvalue weighted by Crippen LogP contribution is 2.45. The molecule has 0 radical (unpaired) electrons. The average molecular weight is 572 g/mol. The van der Waals surface area contributed by atoms with Gasteiger partial charge in [-0.1, -0.05) is 24.3 Å². The molecule has 0 spiro atoms. The van der Waals surface area contributed by atoms with Gasteiger partial charge in [0.15, 0.2) is 29.7 Å². The van der Waals surface area contributed by atoms with Crippen molar-refractivity contribution >= 4 is 39.5 Å². The molecule has 0 aliphatic rings. The molecule has 0 saturated carbocycles. The minimum atomic E-state index is -2.86. The number of para-hydroxylation sites is 2. The maximum Gasteiger partial charge on any atom is 0.343 e. The fraction of sp³-hybridized carbons (Fsp3) is 0.200. The van der Waals surface area contributed by atoms with Crippen LogP contribution in [0.1, 0.15) is 4.88 Å². The van der Waals surface area contributed by atoms with Gasteiger partial charge in [-0.05, 0) is 31.2 Å². The van der Waals surface area contributed by atoms with Crippen LogP contribution in [-0.4, -0.2) is 57.6 Å². The molecule has 14 heteroatoms. The predicted molar refractivity (Wildman–Crippen MR) is 143 cm³/mol. The van der Waals surface area contributed by atoms with Crippen molar-refractivity contribution in [3.05, 3.63) is 59.6 Å². The van der Waals surface area contributed by atoms with E-state index in [0.717, 1.165) is 20.5 Å². The van der Waals surface area contributed by atoms with Gasteiger partial charge >= 0.3 is 5.97 Å². The van der Waals surface area contributed by atoms with E-state index in [1.54, 1.807) is 61.7 Å². The van der Waals surface area contributed by atoms with Gasteiger partial charge < -0.3 is 28.2 Å². The van der Waals surface area contributed by atoms with Gasteiger partial charge in [0.2, 0.25) is 10.9 Å². The molecular weight excluding hydrogens is 548 g/mol. The Kier molecular flexibility index (Phi) is 8.91. The molecule has 2 aromatic carbocycles. The maximum atomic E-state index is 12.6. The number of ether oxygens (including phenoxy) is 5. The van der Waals surface area contributed by atoms with Gasteiger partial charge in [-0.25, -0.2) is 19.1 Å². The van der Waals surface area contributed by atoms with Crippen LogP contribution in [0.25, 0.3) is 11.4 Å². The summed E-state index contributed by atoms with van der Waals surface area (Å²) in [6.45, 7) is 1.50. The Morgan fingerprint density at radius 1 is 1.05 bits per heavy atom. The van der Waals surface area contributed by atoms with Crippen LogP contribution in [0.15, 0.2) is 54.7 Å². The summed E-state index contributed by atoms with van der Waals surface area (Å²) >= 11 is -1.71. The molecule has 0 N–H and O–H groups in total. The first-order chi connectivity index (χ1) is 18.8. The second-order valence-electron chi connectivity index (χ2n) is 7.62. The van der Waals surface area contributed by atoms with Crippen LogP contribution in [-0.2, 0) is 20.8 Å². The Bertz CT molecular complexity index is 1500. The summed E-state index contributed by atoms with van der Waals surface area (Å²) in [6, 6.07) is 13.4. The normalized spacial score (nSPS) is 11.4. The van der Waals surface area contributed by atoms with Crippen LogP contribution in [0.2, 0.25) is 0 Å². The number of hydrogen-bond acceptors (Lipinski definition) is 12. The quantitative estimate of drug-likeness (QED) is 0.189. The van der Waals surface area contributed by atoms with Crippen molar-refractivity contribution in [3.63, 3.8) is 0 Å². The Morgan fingerprint density at radius 2 is 1.82 bits per heavy atom. The Morgan fingerprint density at radius 3 is 2.46 bits per heavy atom. The van der Waals surface area contributed by atoms with Crippen LogP contribution in [0.3, 0.4) is 0 Å². The lowest BCUT2D eigenvalue weighted by molar-refractivity contribution is -0.142. The lowest BCUT2D eigenvalue weighted by Crippen LogP contribution is -2.22. The fourth-order valence-corrected chi connectivity index (χ4v) is 4.72. The van der Waals surface area contributed by atoms with Crippen molar-refractivity contribution in [1.82, 2.24) is 15.0 Å². The van der Waals surface area contributed by atoms with E-state index < -0.39 is 17.2 Å². The van der Waals surface area contributed by atoms with E-state index in [1.807, 2.05) is 0 Å². The number of aromatic nitrogens is 3. The highest BCUT2D eigenvalue weighted by molar-refractivity contribution is 7.81. The number of nitrogens with zero attached hydrogens (tertiary/aromatic N) is 4. The molecule has 0 aliphatic carbocycles. The maximum absolute atomic E-state index is 12.6. The lowest BCUT2D eigenvalue weighted by Gasteiger charge is -2.25. The number of esters is 1. The SMILES string of the molecule is COC(=O)COc1cccc(-c2nc(OC)c(Oc3ccccc3OC)c(N(c3ncc(C)s3)S(=O)[O-])n2)c1. The molecule has 2 aromatic heterocycles. The van der Waals surface area contributed by atoms with Gasteiger partial charge in [-0.2, -0.15) is 4.98 Å². The standard InChI is InChI=1S/C25H24N4O8S2/c1-15-13-26-25(38-15)29(39(31)32)23-21(37-19-11-6-5-10-18(19)33-2)24(35-4)28-22(27-23)16-8-7-9-17(12-16)36-14-20(30)34-3/h5-13H,14H2,1-4H3,(H,31,32)/p-1. The van der Waals surface area contributed by atoms with Crippen LogP contribution < -0.4 is 23.3 Å². The largest absolute Gasteiger partial charge is 0.755 e. The monoisotopic (exact) mass is 571 g/mol. The lowest BCUT2D eigenvalue weighted by atomic mass is 10.2. The fourth-order valence-electron chi connectivity index (χ4n) is 3.31. The van der Waals surface area contributed by atoms with Crippen LogP contribution in [0.4, 0.5) is 10.9 Å². The van der Waals surface area contributed by atoms with E-state index in [4.69, 9.17) is 18.9 Å². The minimum absolute atomic E-state index is 0.0504. The third-order valence-electron chi connectivity index (χ3n) is 5.09. The molecule has 0 saturated heterocycles.